The van der Waals surface area contributed by atoms with Gasteiger partial charge in [0.15, 0.2) is 6.10 Å². The summed E-state index contributed by atoms with van der Waals surface area (Å²) in [5.41, 5.74) is 0. The number of carbonyl (C=O) groups excluding carboxylic acids is 3. The Morgan fingerprint density at radius 3 is 0.942 bits per heavy atom. The summed E-state index contributed by atoms with van der Waals surface area (Å²) in [7, 11) is 0. The first-order valence-corrected chi connectivity index (χ1v) is 28.0. The van der Waals surface area contributed by atoms with Gasteiger partial charge < -0.3 is 14.2 Å². The monoisotopic (exact) mass is 955 g/mol. The standard InChI is InChI=1S/C63H102O6/c1-4-7-10-13-16-19-22-25-28-30-31-33-36-39-42-45-48-51-54-57-63(66)69-60(58-67-61(64)55-52-49-46-43-40-37-34-27-24-21-18-15-12-9-6-3)59-68-62(65)56-53-50-47-44-41-38-35-32-29-26-23-20-17-14-11-8-5-2/h7,9-10,12,16,18-19,21,25-29,31,33-34,39-40,42-43,60H,4-6,8,11,13-15,17,20,22-24,30,32,35-38,41,44-59H2,1-3H3/b10-7-,12-9-,19-16-,21-18-,28-25-,29-26-,33-31-,34-27-,42-39-,43-40-/t60-/m1/s1. The fraction of sp³-hybridized carbons (Fsp3) is 0.635. The van der Waals surface area contributed by atoms with Crippen molar-refractivity contribution in [3.05, 3.63) is 122 Å². The van der Waals surface area contributed by atoms with Gasteiger partial charge in [0.25, 0.3) is 0 Å². The van der Waals surface area contributed by atoms with Crippen LogP contribution in [0, 0.1) is 0 Å². The molecule has 0 aliphatic carbocycles. The highest BCUT2D eigenvalue weighted by molar-refractivity contribution is 5.71. The molecule has 69 heavy (non-hydrogen) atoms. The summed E-state index contributed by atoms with van der Waals surface area (Å²) in [6, 6.07) is 0. The van der Waals surface area contributed by atoms with Crippen LogP contribution in [0.5, 0.6) is 0 Å². The normalized spacial score (nSPS) is 13.0. The predicted octanol–water partition coefficient (Wildman–Crippen LogP) is 18.9. The van der Waals surface area contributed by atoms with Crippen molar-refractivity contribution in [2.75, 3.05) is 13.2 Å². The zero-order chi connectivity index (χ0) is 50.0. The highest BCUT2D eigenvalue weighted by Crippen LogP contribution is 2.13. The number of allylic oxidation sites excluding steroid dienone is 20. The van der Waals surface area contributed by atoms with Crippen LogP contribution in [0.25, 0.3) is 0 Å². The summed E-state index contributed by atoms with van der Waals surface area (Å²) in [5, 5.41) is 0. The van der Waals surface area contributed by atoms with Gasteiger partial charge in [-0.15, -0.1) is 0 Å². The van der Waals surface area contributed by atoms with Crippen LogP contribution in [-0.2, 0) is 28.6 Å². The van der Waals surface area contributed by atoms with E-state index in [0.717, 1.165) is 109 Å². The van der Waals surface area contributed by atoms with E-state index in [1.54, 1.807) is 0 Å². The molecule has 0 fully saturated rings. The van der Waals surface area contributed by atoms with Crippen molar-refractivity contribution in [2.45, 2.75) is 245 Å². The molecule has 0 rings (SSSR count). The third-order valence-corrected chi connectivity index (χ3v) is 11.4. The Bertz CT molecular complexity index is 1470. The molecule has 0 bridgehead atoms. The van der Waals surface area contributed by atoms with Crippen molar-refractivity contribution < 1.29 is 28.6 Å². The van der Waals surface area contributed by atoms with Crippen LogP contribution in [0.2, 0.25) is 0 Å². The van der Waals surface area contributed by atoms with Crippen molar-refractivity contribution in [3.8, 4) is 0 Å². The Balaban J connectivity index is 4.53. The zero-order valence-electron chi connectivity index (χ0n) is 44.5. The summed E-state index contributed by atoms with van der Waals surface area (Å²) in [5.74, 6) is -0.993. The molecule has 6 heteroatoms. The van der Waals surface area contributed by atoms with E-state index < -0.39 is 6.10 Å². The number of carbonyl (C=O) groups is 3. The molecule has 1 atom stereocenters. The van der Waals surface area contributed by atoms with E-state index >= 15 is 0 Å². The molecule has 0 heterocycles. The van der Waals surface area contributed by atoms with Gasteiger partial charge in [-0.2, -0.15) is 0 Å². The Labute approximate surface area is 424 Å². The molecule has 390 valence electrons. The first kappa shape index (κ1) is 64.8. The van der Waals surface area contributed by atoms with Crippen molar-refractivity contribution >= 4 is 17.9 Å². The number of unbranched alkanes of at least 4 members (excludes halogenated alkanes) is 18. The molecule has 0 unspecified atom stereocenters. The molecule has 0 aliphatic heterocycles. The van der Waals surface area contributed by atoms with E-state index in [1.165, 1.54) is 77.0 Å². The molecule has 0 spiro atoms. The maximum Gasteiger partial charge on any atom is 0.306 e. The Kier molecular flexibility index (Phi) is 53.0. The van der Waals surface area contributed by atoms with Gasteiger partial charge in [0.2, 0.25) is 0 Å². The molecule has 0 saturated carbocycles. The average Bonchev–Trinajstić information content (AvgIpc) is 3.35. The molecule has 0 amide bonds. The van der Waals surface area contributed by atoms with Gasteiger partial charge in [-0.05, 0) is 128 Å². The summed E-state index contributed by atoms with van der Waals surface area (Å²) < 4.78 is 16.8. The Hall–Kier alpha value is -4.19. The number of hydrogen-bond donors (Lipinski definition) is 0. The molecule has 0 radical (unpaired) electrons. The number of esters is 3. The third kappa shape index (κ3) is 54.6. The minimum atomic E-state index is -0.818. The number of rotatable bonds is 49. The molecule has 0 saturated heterocycles. The van der Waals surface area contributed by atoms with Gasteiger partial charge in [0.1, 0.15) is 13.2 Å². The van der Waals surface area contributed by atoms with Gasteiger partial charge >= 0.3 is 17.9 Å². The molecule has 0 aliphatic rings. The minimum absolute atomic E-state index is 0.110. The fourth-order valence-electron chi connectivity index (χ4n) is 7.28. The lowest BCUT2D eigenvalue weighted by molar-refractivity contribution is -0.167. The first-order chi connectivity index (χ1) is 34.0. The van der Waals surface area contributed by atoms with Crippen molar-refractivity contribution in [1.29, 1.82) is 0 Å². The maximum atomic E-state index is 12.8. The van der Waals surface area contributed by atoms with E-state index in [0.29, 0.717) is 25.7 Å². The van der Waals surface area contributed by atoms with E-state index in [1.807, 2.05) is 0 Å². The lowest BCUT2D eigenvalue weighted by atomic mass is 10.1. The topological polar surface area (TPSA) is 78.9 Å². The van der Waals surface area contributed by atoms with Crippen LogP contribution in [0.3, 0.4) is 0 Å². The molecule has 0 aromatic heterocycles. The summed E-state index contributed by atoms with van der Waals surface area (Å²) in [6.07, 6.45) is 77.6. The molecule has 0 N–H and O–H groups in total. The highest BCUT2D eigenvalue weighted by Gasteiger charge is 2.19. The molecular weight excluding hydrogens is 853 g/mol. The lowest BCUT2D eigenvalue weighted by Crippen LogP contribution is -2.30. The molecule has 0 aromatic carbocycles. The van der Waals surface area contributed by atoms with E-state index in [-0.39, 0.29) is 37.5 Å². The SMILES string of the molecule is CC/C=C\C/C=C\C/C=C\C/C=C\C/C=C\CCCCCC(=O)O[C@H](COC(=O)CCCC/C=C\C/C=C\C/C=C\C/C=C\CC)COC(=O)CCCCCCCCC/C=C\CCCCCCCC. The third-order valence-electron chi connectivity index (χ3n) is 11.4. The van der Waals surface area contributed by atoms with Gasteiger partial charge in [0.05, 0.1) is 0 Å². The second kappa shape index (κ2) is 56.4. The Morgan fingerprint density at radius 2 is 0.565 bits per heavy atom. The van der Waals surface area contributed by atoms with E-state index in [4.69, 9.17) is 14.2 Å². The van der Waals surface area contributed by atoms with Gasteiger partial charge in [-0.3, -0.25) is 14.4 Å². The minimum Gasteiger partial charge on any atom is -0.462 e. The number of ether oxygens (including phenoxy) is 3. The van der Waals surface area contributed by atoms with Crippen LogP contribution in [0.15, 0.2) is 122 Å². The second-order valence-corrected chi connectivity index (χ2v) is 18.1. The quantitative estimate of drug-likeness (QED) is 0.0262. The molecule has 6 nitrogen and oxygen atoms in total. The predicted molar refractivity (Wildman–Crippen MR) is 297 cm³/mol. The van der Waals surface area contributed by atoms with Crippen molar-refractivity contribution in [3.63, 3.8) is 0 Å². The van der Waals surface area contributed by atoms with E-state index in [9.17, 15) is 14.4 Å². The van der Waals surface area contributed by atoms with E-state index in [2.05, 4.69) is 142 Å². The number of hydrogen-bond acceptors (Lipinski definition) is 6. The van der Waals surface area contributed by atoms with Crippen LogP contribution in [0.4, 0.5) is 0 Å². The molecular formula is C63H102O6. The van der Waals surface area contributed by atoms with Gasteiger partial charge in [0, 0.05) is 19.3 Å². The largest absolute Gasteiger partial charge is 0.462 e. The van der Waals surface area contributed by atoms with Crippen molar-refractivity contribution in [1.82, 2.24) is 0 Å². The van der Waals surface area contributed by atoms with Crippen LogP contribution >= 0.6 is 0 Å². The average molecular weight is 956 g/mol. The maximum absolute atomic E-state index is 12.8. The lowest BCUT2D eigenvalue weighted by Gasteiger charge is -2.18. The smallest absolute Gasteiger partial charge is 0.306 e. The van der Waals surface area contributed by atoms with Gasteiger partial charge in [-0.1, -0.05) is 213 Å². The summed E-state index contributed by atoms with van der Waals surface area (Å²) in [4.78, 5) is 38.1. The van der Waals surface area contributed by atoms with Gasteiger partial charge in [-0.25, -0.2) is 0 Å². The second-order valence-electron chi connectivity index (χ2n) is 18.1. The Morgan fingerprint density at radius 1 is 0.304 bits per heavy atom. The van der Waals surface area contributed by atoms with Crippen LogP contribution in [0.1, 0.15) is 239 Å². The zero-order valence-corrected chi connectivity index (χ0v) is 44.5. The first-order valence-electron chi connectivity index (χ1n) is 28.0. The van der Waals surface area contributed by atoms with Crippen LogP contribution < -0.4 is 0 Å². The molecule has 0 aromatic rings. The summed E-state index contributed by atoms with van der Waals surface area (Å²) >= 11 is 0. The highest BCUT2D eigenvalue weighted by atomic mass is 16.6. The summed E-state index contributed by atoms with van der Waals surface area (Å²) in [6.45, 7) is 6.33. The fourth-order valence-corrected chi connectivity index (χ4v) is 7.28. The van der Waals surface area contributed by atoms with Crippen LogP contribution in [-0.4, -0.2) is 37.2 Å². The van der Waals surface area contributed by atoms with Crippen molar-refractivity contribution in [2.24, 2.45) is 0 Å².